The maximum atomic E-state index is 4.73. The Morgan fingerprint density at radius 3 is 2.25 bits per heavy atom. The van der Waals surface area contributed by atoms with Gasteiger partial charge in [-0.3, -0.25) is 4.57 Å². The van der Waals surface area contributed by atoms with Crippen molar-refractivity contribution in [1.82, 2.24) is 9.55 Å². The summed E-state index contributed by atoms with van der Waals surface area (Å²) >= 11 is 0. The first kappa shape index (κ1) is 12.7. The lowest BCUT2D eigenvalue weighted by atomic mass is 10.1. The van der Waals surface area contributed by atoms with E-state index in [4.69, 9.17) is 4.98 Å². The third-order valence-electron chi connectivity index (χ3n) is 3.06. The van der Waals surface area contributed by atoms with E-state index in [2.05, 4.69) is 48.9 Å². The Bertz CT molecular complexity index is 721. The first-order valence-corrected chi connectivity index (χ1v) is 6.86. The number of rotatable bonds is 2. The summed E-state index contributed by atoms with van der Waals surface area (Å²) in [6, 6.07) is 18.5. The third kappa shape index (κ3) is 2.39. The lowest BCUT2D eigenvalue weighted by molar-refractivity contribution is 0.624. The van der Waals surface area contributed by atoms with Gasteiger partial charge in [-0.2, -0.15) is 0 Å². The minimum atomic E-state index is -0.0338. The van der Waals surface area contributed by atoms with E-state index in [1.165, 1.54) is 0 Å². The van der Waals surface area contributed by atoms with Gasteiger partial charge in [0, 0.05) is 11.2 Å². The lowest BCUT2D eigenvalue weighted by Gasteiger charge is -2.22. The first-order valence-electron chi connectivity index (χ1n) is 6.86. The van der Waals surface area contributed by atoms with Crippen LogP contribution in [0.15, 0.2) is 54.6 Å². The number of nitrogens with zero attached hydrogens (tertiary/aromatic N) is 2. The van der Waals surface area contributed by atoms with Crippen LogP contribution in [-0.4, -0.2) is 15.1 Å². The Morgan fingerprint density at radius 2 is 1.55 bits per heavy atom. The van der Waals surface area contributed by atoms with E-state index in [1.807, 2.05) is 36.4 Å². The maximum Gasteiger partial charge on any atom is 0.209 e. The fraction of sp³-hybridized carbons (Fsp3) is 0.235. The number of imidazole rings is 1. The van der Waals surface area contributed by atoms with E-state index in [9.17, 15) is 0 Å². The molecule has 0 aliphatic heterocycles. The molecule has 0 aliphatic carbocycles. The summed E-state index contributed by atoms with van der Waals surface area (Å²) in [6.07, 6.45) is 0. The quantitative estimate of drug-likeness (QED) is 0.751. The van der Waals surface area contributed by atoms with E-state index in [0.717, 1.165) is 22.7 Å². The predicted molar refractivity (Wildman–Crippen MR) is 84.4 cm³/mol. The van der Waals surface area contributed by atoms with Crippen LogP contribution in [0.25, 0.3) is 16.7 Å². The summed E-state index contributed by atoms with van der Waals surface area (Å²) in [5, 5.41) is 3.49. The second-order valence-electron chi connectivity index (χ2n) is 5.97. The standard InChI is InChI=1S/C17H19N3/c1-17(2,3)19-16-18-14-11-7-8-12-15(14)20(16)13-9-5-4-6-10-13/h4-12H,1-3H3,(H,18,19). The van der Waals surface area contributed by atoms with Crippen molar-refractivity contribution in [3.05, 3.63) is 54.6 Å². The lowest BCUT2D eigenvalue weighted by Crippen LogP contribution is -2.28. The Kier molecular flexibility index (Phi) is 2.97. The summed E-state index contributed by atoms with van der Waals surface area (Å²) in [4.78, 5) is 4.73. The van der Waals surface area contributed by atoms with Crippen molar-refractivity contribution in [2.75, 3.05) is 5.32 Å². The van der Waals surface area contributed by atoms with Gasteiger partial charge in [0.25, 0.3) is 0 Å². The van der Waals surface area contributed by atoms with Gasteiger partial charge in [0.2, 0.25) is 5.95 Å². The average molecular weight is 265 g/mol. The van der Waals surface area contributed by atoms with Crippen LogP contribution in [0.4, 0.5) is 5.95 Å². The molecule has 0 saturated carbocycles. The molecular formula is C17H19N3. The second kappa shape index (κ2) is 4.67. The van der Waals surface area contributed by atoms with Gasteiger partial charge in [-0.25, -0.2) is 4.98 Å². The Balaban J connectivity index is 2.24. The van der Waals surface area contributed by atoms with Crippen LogP contribution < -0.4 is 5.32 Å². The van der Waals surface area contributed by atoms with E-state index in [1.54, 1.807) is 0 Å². The monoisotopic (exact) mass is 265 g/mol. The highest BCUT2D eigenvalue weighted by Crippen LogP contribution is 2.26. The van der Waals surface area contributed by atoms with Crippen LogP contribution in [0.3, 0.4) is 0 Å². The Hall–Kier alpha value is -2.29. The molecule has 0 saturated heterocycles. The molecule has 1 N–H and O–H groups in total. The molecule has 0 spiro atoms. The number of hydrogen-bond donors (Lipinski definition) is 1. The van der Waals surface area contributed by atoms with Gasteiger partial charge < -0.3 is 5.32 Å². The number of fused-ring (bicyclic) bond motifs is 1. The van der Waals surface area contributed by atoms with Crippen LogP contribution in [0.1, 0.15) is 20.8 Å². The number of nitrogens with one attached hydrogen (secondary N) is 1. The molecular weight excluding hydrogens is 246 g/mol. The molecule has 20 heavy (non-hydrogen) atoms. The number of anilines is 1. The minimum absolute atomic E-state index is 0.0338. The number of hydrogen-bond acceptors (Lipinski definition) is 2. The van der Waals surface area contributed by atoms with Crippen LogP contribution in [0.2, 0.25) is 0 Å². The fourth-order valence-corrected chi connectivity index (χ4v) is 2.28. The molecule has 0 atom stereocenters. The van der Waals surface area contributed by atoms with Crippen molar-refractivity contribution in [2.24, 2.45) is 0 Å². The third-order valence-corrected chi connectivity index (χ3v) is 3.06. The van der Waals surface area contributed by atoms with Crippen LogP contribution in [-0.2, 0) is 0 Å². The van der Waals surface area contributed by atoms with Crippen molar-refractivity contribution >= 4 is 17.0 Å². The fourth-order valence-electron chi connectivity index (χ4n) is 2.28. The van der Waals surface area contributed by atoms with Gasteiger partial charge in [0.05, 0.1) is 11.0 Å². The molecule has 0 fully saturated rings. The normalized spacial score (nSPS) is 11.8. The molecule has 0 radical (unpaired) electrons. The van der Waals surface area contributed by atoms with Gasteiger partial charge in [0.1, 0.15) is 0 Å². The number of para-hydroxylation sites is 3. The number of benzene rings is 2. The summed E-state index contributed by atoms with van der Waals surface area (Å²) in [5.41, 5.74) is 3.20. The second-order valence-corrected chi connectivity index (χ2v) is 5.97. The van der Waals surface area contributed by atoms with Crippen molar-refractivity contribution < 1.29 is 0 Å². The van der Waals surface area contributed by atoms with Crippen molar-refractivity contribution in [1.29, 1.82) is 0 Å². The largest absolute Gasteiger partial charge is 0.351 e. The van der Waals surface area contributed by atoms with E-state index in [0.29, 0.717) is 0 Å². The highest BCUT2D eigenvalue weighted by atomic mass is 15.2. The predicted octanol–water partition coefficient (Wildman–Crippen LogP) is 4.24. The molecule has 0 aliphatic rings. The zero-order valence-electron chi connectivity index (χ0n) is 12.1. The van der Waals surface area contributed by atoms with Crippen molar-refractivity contribution in [3.63, 3.8) is 0 Å². The SMILES string of the molecule is CC(C)(C)Nc1nc2ccccc2n1-c1ccccc1. The highest BCUT2D eigenvalue weighted by Gasteiger charge is 2.17. The molecule has 3 aromatic rings. The molecule has 3 heteroatoms. The molecule has 0 unspecified atom stereocenters. The zero-order chi connectivity index (χ0) is 14.2. The topological polar surface area (TPSA) is 29.9 Å². The van der Waals surface area contributed by atoms with Gasteiger partial charge in [0.15, 0.2) is 0 Å². The zero-order valence-corrected chi connectivity index (χ0v) is 12.1. The van der Waals surface area contributed by atoms with E-state index < -0.39 is 0 Å². The average Bonchev–Trinajstić information content (AvgIpc) is 2.75. The van der Waals surface area contributed by atoms with Crippen molar-refractivity contribution in [3.8, 4) is 5.69 Å². The maximum absolute atomic E-state index is 4.73. The summed E-state index contributed by atoms with van der Waals surface area (Å²) in [5.74, 6) is 0.880. The summed E-state index contributed by atoms with van der Waals surface area (Å²) in [7, 11) is 0. The van der Waals surface area contributed by atoms with Gasteiger partial charge in [-0.15, -0.1) is 0 Å². The molecule has 102 valence electrons. The van der Waals surface area contributed by atoms with Crippen LogP contribution in [0, 0.1) is 0 Å². The van der Waals surface area contributed by atoms with E-state index in [-0.39, 0.29) is 5.54 Å². The highest BCUT2D eigenvalue weighted by molar-refractivity contribution is 5.81. The molecule has 3 rings (SSSR count). The van der Waals surface area contributed by atoms with Crippen LogP contribution in [0.5, 0.6) is 0 Å². The molecule has 1 aromatic heterocycles. The smallest absolute Gasteiger partial charge is 0.209 e. The molecule has 1 heterocycles. The molecule has 0 bridgehead atoms. The molecule has 0 amide bonds. The van der Waals surface area contributed by atoms with Crippen molar-refractivity contribution in [2.45, 2.75) is 26.3 Å². The Labute approximate surface area is 119 Å². The van der Waals surface area contributed by atoms with Gasteiger partial charge in [-0.1, -0.05) is 30.3 Å². The Morgan fingerprint density at radius 1 is 0.900 bits per heavy atom. The number of aromatic nitrogens is 2. The van der Waals surface area contributed by atoms with E-state index >= 15 is 0 Å². The molecule has 3 nitrogen and oxygen atoms in total. The van der Waals surface area contributed by atoms with Crippen LogP contribution >= 0.6 is 0 Å². The summed E-state index contributed by atoms with van der Waals surface area (Å²) in [6.45, 7) is 6.42. The van der Waals surface area contributed by atoms with Gasteiger partial charge >= 0.3 is 0 Å². The summed E-state index contributed by atoms with van der Waals surface area (Å²) < 4.78 is 2.17. The minimum Gasteiger partial charge on any atom is -0.351 e. The first-order chi connectivity index (χ1) is 9.54. The molecule has 2 aromatic carbocycles. The van der Waals surface area contributed by atoms with Gasteiger partial charge in [-0.05, 0) is 45.0 Å².